The third-order valence-electron chi connectivity index (χ3n) is 4.10. The van der Waals surface area contributed by atoms with Crippen molar-refractivity contribution >= 4 is 22.7 Å². The van der Waals surface area contributed by atoms with Gasteiger partial charge in [-0.3, -0.25) is 9.59 Å². The second-order valence-electron chi connectivity index (χ2n) is 5.67. The molecule has 6 heteroatoms. The van der Waals surface area contributed by atoms with E-state index >= 15 is 0 Å². The highest BCUT2D eigenvalue weighted by molar-refractivity contribution is 6.45. The summed E-state index contributed by atoms with van der Waals surface area (Å²) in [5.74, 6) is -1.21. The molecule has 0 spiro atoms. The Kier molecular flexibility index (Phi) is 4.52. The first-order valence-electron chi connectivity index (χ1n) is 8.03. The highest BCUT2D eigenvalue weighted by Crippen LogP contribution is 2.33. The smallest absolute Gasteiger partial charge is 0.289 e. The summed E-state index contributed by atoms with van der Waals surface area (Å²) in [6, 6.07) is 11.5. The van der Waals surface area contributed by atoms with Gasteiger partial charge in [-0.05, 0) is 25.5 Å². The van der Waals surface area contributed by atoms with Crippen molar-refractivity contribution < 1.29 is 14.3 Å². The Balaban J connectivity index is 2.27. The summed E-state index contributed by atoms with van der Waals surface area (Å²) in [4.78, 5) is 28.4. The summed E-state index contributed by atoms with van der Waals surface area (Å²) in [6.07, 6.45) is 1.63. The van der Waals surface area contributed by atoms with Crippen molar-refractivity contribution in [3.8, 4) is 5.75 Å². The summed E-state index contributed by atoms with van der Waals surface area (Å²) in [6.45, 7) is 4.61. The van der Waals surface area contributed by atoms with Crippen LogP contribution in [0.25, 0.3) is 11.0 Å². The van der Waals surface area contributed by atoms with Gasteiger partial charge in [-0.1, -0.05) is 30.3 Å². The number of aromatic nitrogens is 2. The summed E-state index contributed by atoms with van der Waals surface area (Å²) in [5, 5.41) is 0.529. The third kappa shape index (κ3) is 2.98. The number of carbonyl (C=O) groups excluding carboxylic acids is 2. The van der Waals surface area contributed by atoms with Crippen molar-refractivity contribution in [1.82, 2.24) is 9.55 Å². The van der Waals surface area contributed by atoms with E-state index in [1.807, 2.05) is 41.8 Å². The Labute approximate surface area is 145 Å². The normalized spacial score (nSPS) is 10.8. The molecular weight excluding hydrogens is 318 g/mol. The highest BCUT2D eigenvalue weighted by Gasteiger charge is 2.26. The number of nitrogens with zero attached hydrogens (tertiary/aromatic N) is 2. The first-order chi connectivity index (χ1) is 12.0. The van der Waals surface area contributed by atoms with E-state index in [0.29, 0.717) is 35.6 Å². The lowest BCUT2D eigenvalue weighted by Gasteiger charge is -2.08. The van der Waals surface area contributed by atoms with Gasteiger partial charge in [0.25, 0.3) is 11.7 Å². The van der Waals surface area contributed by atoms with Gasteiger partial charge >= 0.3 is 0 Å². The van der Waals surface area contributed by atoms with Gasteiger partial charge in [-0.15, -0.1) is 0 Å². The molecule has 0 atom stereocenters. The monoisotopic (exact) mass is 337 g/mol. The van der Waals surface area contributed by atoms with E-state index in [9.17, 15) is 9.59 Å². The van der Waals surface area contributed by atoms with Gasteiger partial charge in [0.1, 0.15) is 11.4 Å². The van der Waals surface area contributed by atoms with Gasteiger partial charge in [0.05, 0.1) is 17.6 Å². The summed E-state index contributed by atoms with van der Waals surface area (Å²) < 4.78 is 7.56. The van der Waals surface area contributed by atoms with Gasteiger partial charge in [-0.2, -0.15) is 0 Å². The number of nitrogens with two attached hydrogens (primary N) is 1. The van der Waals surface area contributed by atoms with Crippen LogP contribution in [0.3, 0.4) is 0 Å². The van der Waals surface area contributed by atoms with E-state index in [-0.39, 0.29) is 5.56 Å². The van der Waals surface area contributed by atoms with Crippen molar-refractivity contribution in [3.63, 3.8) is 0 Å². The fourth-order valence-corrected chi connectivity index (χ4v) is 2.98. The van der Waals surface area contributed by atoms with Crippen molar-refractivity contribution in [1.29, 1.82) is 0 Å². The number of hydrogen-bond donors (Lipinski definition) is 1. The number of rotatable bonds is 6. The lowest BCUT2D eigenvalue weighted by Crippen LogP contribution is -2.24. The van der Waals surface area contributed by atoms with Crippen molar-refractivity contribution in [2.45, 2.75) is 20.4 Å². The van der Waals surface area contributed by atoms with Crippen LogP contribution in [0.2, 0.25) is 0 Å². The number of fused-ring (bicyclic) bond motifs is 1. The minimum atomic E-state index is -0.992. The van der Waals surface area contributed by atoms with Crippen LogP contribution in [0.5, 0.6) is 5.75 Å². The molecule has 6 nitrogen and oxygen atoms in total. The van der Waals surface area contributed by atoms with Crippen LogP contribution >= 0.6 is 0 Å². The molecule has 2 heterocycles. The minimum absolute atomic E-state index is 0.259. The maximum atomic E-state index is 12.4. The minimum Gasteiger partial charge on any atom is -0.493 e. The van der Waals surface area contributed by atoms with Crippen LogP contribution in [-0.4, -0.2) is 27.8 Å². The molecule has 3 rings (SSSR count). The Hall–Kier alpha value is -3.15. The number of carbonyl (C=O) groups is 2. The second kappa shape index (κ2) is 6.76. The zero-order valence-electron chi connectivity index (χ0n) is 14.2. The third-order valence-corrected chi connectivity index (χ3v) is 4.10. The van der Waals surface area contributed by atoms with Gasteiger partial charge < -0.3 is 15.0 Å². The number of ether oxygens (including phenoxy) is 1. The number of ketones is 1. The van der Waals surface area contributed by atoms with E-state index in [1.165, 1.54) is 0 Å². The molecule has 0 aliphatic carbocycles. The summed E-state index contributed by atoms with van der Waals surface area (Å²) in [5.41, 5.74) is 7.81. The second-order valence-corrected chi connectivity index (χ2v) is 5.67. The molecule has 0 unspecified atom stereocenters. The van der Waals surface area contributed by atoms with E-state index < -0.39 is 11.7 Å². The molecule has 3 aromatic rings. The number of amides is 1. The summed E-state index contributed by atoms with van der Waals surface area (Å²) in [7, 11) is 0. The van der Waals surface area contributed by atoms with E-state index in [4.69, 9.17) is 10.5 Å². The van der Waals surface area contributed by atoms with Crippen LogP contribution in [-0.2, 0) is 11.3 Å². The number of hydrogen-bond acceptors (Lipinski definition) is 4. The molecule has 0 aliphatic rings. The molecule has 0 saturated heterocycles. The zero-order valence-corrected chi connectivity index (χ0v) is 14.2. The number of benzene rings is 1. The number of pyridine rings is 1. The predicted molar refractivity (Wildman–Crippen MR) is 94.7 cm³/mol. The Morgan fingerprint density at radius 1 is 1.20 bits per heavy atom. The topological polar surface area (TPSA) is 87.2 Å². The van der Waals surface area contributed by atoms with E-state index in [2.05, 4.69) is 4.98 Å². The van der Waals surface area contributed by atoms with Crippen LogP contribution in [0.4, 0.5) is 0 Å². The molecule has 1 amide bonds. The van der Waals surface area contributed by atoms with Gasteiger partial charge in [0.2, 0.25) is 0 Å². The molecule has 128 valence electrons. The SMILES string of the molecule is CCOc1ccnc2c1c(C(=O)C(N)=O)c(C)n2Cc1ccccc1. The lowest BCUT2D eigenvalue weighted by molar-refractivity contribution is -0.114. The molecule has 0 aliphatic heterocycles. The van der Waals surface area contributed by atoms with Crippen LogP contribution < -0.4 is 10.5 Å². The van der Waals surface area contributed by atoms with Crippen molar-refractivity contribution in [2.24, 2.45) is 5.73 Å². The molecular formula is C19H19N3O3. The van der Waals surface area contributed by atoms with E-state index in [1.54, 1.807) is 19.2 Å². The fourth-order valence-electron chi connectivity index (χ4n) is 2.98. The quantitative estimate of drug-likeness (QED) is 0.553. The molecule has 0 saturated carbocycles. The van der Waals surface area contributed by atoms with Gasteiger partial charge in [0.15, 0.2) is 0 Å². The first-order valence-corrected chi connectivity index (χ1v) is 8.03. The predicted octanol–water partition coefficient (Wildman–Crippen LogP) is 2.46. The Morgan fingerprint density at radius 2 is 1.92 bits per heavy atom. The first kappa shape index (κ1) is 16.7. The average molecular weight is 337 g/mol. The maximum Gasteiger partial charge on any atom is 0.289 e. The zero-order chi connectivity index (χ0) is 18.0. The largest absolute Gasteiger partial charge is 0.493 e. The molecule has 2 N–H and O–H groups in total. The lowest BCUT2D eigenvalue weighted by atomic mass is 10.1. The molecule has 0 fully saturated rings. The highest BCUT2D eigenvalue weighted by atomic mass is 16.5. The molecule has 2 aromatic heterocycles. The standard InChI is InChI=1S/C19H19N3O3/c1-3-25-14-9-10-21-19-16(14)15(17(23)18(20)24)12(2)22(19)11-13-7-5-4-6-8-13/h4-10H,3,11H2,1-2H3,(H2,20,24). The molecule has 25 heavy (non-hydrogen) atoms. The summed E-state index contributed by atoms with van der Waals surface area (Å²) >= 11 is 0. The fraction of sp³-hybridized carbons (Fsp3) is 0.211. The van der Waals surface area contributed by atoms with Crippen LogP contribution in [0.1, 0.15) is 28.5 Å². The van der Waals surface area contributed by atoms with Crippen molar-refractivity contribution in [2.75, 3.05) is 6.61 Å². The maximum absolute atomic E-state index is 12.4. The molecule has 1 aromatic carbocycles. The number of primary amides is 1. The molecule has 0 radical (unpaired) electrons. The van der Waals surface area contributed by atoms with E-state index in [0.717, 1.165) is 5.56 Å². The Morgan fingerprint density at radius 3 is 2.56 bits per heavy atom. The average Bonchev–Trinajstić information content (AvgIpc) is 2.88. The van der Waals surface area contributed by atoms with Crippen molar-refractivity contribution in [3.05, 3.63) is 59.4 Å². The van der Waals surface area contributed by atoms with Gasteiger partial charge in [0, 0.05) is 18.4 Å². The van der Waals surface area contributed by atoms with Gasteiger partial charge in [-0.25, -0.2) is 4.98 Å². The van der Waals surface area contributed by atoms with Crippen LogP contribution in [0, 0.1) is 6.92 Å². The Bertz CT molecular complexity index is 945. The molecule has 0 bridgehead atoms. The number of Topliss-reactive ketones (excluding diaryl/α,β-unsaturated/α-hetero) is 1. The van der Waals surface area contributed by atoms with Crippen LogP contribution in [0.15, 0.2) is 42.6 Å².